The fourth-order valence-corrected chi connectivity index (χ4v) is 0.523. The van der Waals surface area contributed by atoms with Gasteiger partial charge < -0.3 is 5.11 Å². The van der Waals surface area contributed by atoms with Gasteiger partial charge in [0.25, 0.3) is 0 Å². The van der Waals surface area contributed by atoms with Crippen LogP contribution in [0.2, 0.25) is 0 Å². The summed E-state index contributed by atoms with van der Waals surface area (Å²) in [5, 5.41) is 7.75. The quantitative estimate of drug-likeness (QED) is 0.554. The number of halogens is 3. The third kappa shape index (κ3) is 0.940. The molecule has 0 radical (unpaired) electrons. The summed E-state index contributed by atoms with van der Waals surface area (Å²) in [6.45, 7) is 0. The third-order valence-electron chi connectivity index (χ3n) is 1.16. The van der Waals surface area contributed by atoms with E-state index in [2.05, 4.69) is 0 Å². The Bertz CT molecular complexity index is 97.9. The van der Waals surface area contributed by atoms with E-state index in [-0.39, 0.29) is 6.42 Å². The number of hydrogen-bond acceptors (Lipinski definition) is 1. The zero-order valence-corrected chi connectivity index (χ0v) is 3.94. The van der Waals surface area contributed by atoms with Crippen LogP contribution in [0.3, 0.4) is 0 Å². The van der Waals surface area contributed by atoms with Crippen LogP contribution in [0, 0.1) is 5.92 Å². The standard InChI is InChI=1S/C4H5F3O/c5-3-1-2(3)4(6,7)8/h2-3,8H,1H2. The van der Waals surface area contributed by atoms with Crippen molar-refractivity contribution in [2.75, 3.05) is 0 Å². The van der Waals surface area contributed by atoms with Crippen molar-refractivity contribution in [2.45, 2.75) is 18.7 Å². The number of rotatable bonds is 1. The van der Waals surface area contributed by atoms with E-state index in [0.29, 0.717) is 0 Å². The molecule has 1 saturated carbocycles. The summed E-state index contributed by atoms with van der Waals surface area (Å²) in [4.78, 5) is 0. The van der Waals surface area contributed by atoms with Crippen molar-refractivity contribution in [3.05, 3.63) is 0 Å². The second-order valence-electron chi connectivity index (χ2n) is 1.95. The van der Waals surface area contributed by atoms with Gasteiger partial charge >= 0.3 is 6.11 Å². The van der Waals surface area contributed by atoms with Crippen molar-refractivity contribution in [3.8, 4) is 0 Å². The number of alkyl halides is 3. The maximum Gasteiger partial charge on any atom is 0.359 e. The lowest BCUT2D eigenvalue weighted by atomic mass is 10.4. The smallest absolute Gasteiger partial charge is 0.336 e. The van der Waals surface area contributed by atoms with Crippen LogP contribution in [-0.4, -0.2) is 17.4 Å². The van der Waals surface area contributed by atoms with Crippen LogP contribution in [0.15, 0.2) is 0 Å². The Balaban J connectivity index is 2.39. The third-order valence-corrected chi connectivity index (χ3v) is 1.16. The first-order valence-electron chi connectivity index (χ1n) is 2.26. The number of aliphatic hydroxyl groups is 1. The predicted octanol–water partition coefficient (Wildman–Crippen LogP) is 0.929. The van der Waals surface area contributed by atoms with Crippen molar-refractivity contribution in [1.82, 2.24) is 0 Å². The average Bonchev–Trinajstić information content (AvgIpc) is 2.13. The van der Waals surface area contributed by atoms with Crippen LogP contribution in [0.4, 0.5) is 13.2 Å². The maximum absolute atomic E-state index is 11.6. The molecule has 0 aromatic heterocycles. The largest absolute Gasteiger partial charge is 0.359 e. The SMILES string of the molecule is OC(F)(F)C1CC1F. The highest BCUT2D eigenvalue weighted by atomic mass is 19.3. The minimum Gasteiger partial charge on any atom is -0.336 e. The molecule has 0 saturated heterocycles. The van der Waals surface area contributed by atoms with Crippen LogP contribution in [0.1, 0.15) is 6.42 Å². The van der Waals surface area contributed by atoms with Gasteiger partial charge in [0.15, 0.2) is 0 Å². The van der Waals surface area contributed by atoms with Crippen molar-refractivity contribution in [3.63, 3.8) is 0 Å². The predicted molar refractivity (Wildman–Crippen MR) is 20.2 cm³/mol. The first kappa shape index (κ1) is 5.88. The molecular weight excluding hydrogens is 121 g/mol. The highest BCUT2D eigenvalue weighted by molar-refractivity contribution is 4.91. The van der Waals surface area contributed by atoms with Gasteiger partial charge in [-0.05, 0) is 6.42 Å². The Morgan fingerprint density at radius 1 is 1.50 bits per heavy atom. The molecule has 1 nitrogen and oxygen atoms in total. The Morgan fingerprint density at radius 3 is 1.88 bits per heavy atom. The van der Waals surface area contributed by atoms with Gasteiger partial charge in [-0.3, -0.25) is 0 Å². The minimum absolute atomic E-state index is 0.205. The lowest BCUT2D eigenvalue weighted by Gasteiger charge is -2.03. The van der Waals surface area contributed by atoms with Gasteiger partial charge in [-0.25, -0.2) is 4.39 Å². The Morgan fingerprint density at radius 2 is 1.88 bits per heavy atom. The van der Waals surface area contributed by atoms with Gasteiger partial charge in [0.05, 0.1) is 5.92 Å². The molecule has 0 spiro atoms. The molecule has 1 N–H and O–H groups in total. The van der Waals surface area contributed by atoms with E-state index in [1.54, 1.807) is 0 Å². The van der Waals surface area contributed by atoms with E-state index in [9.17, 15) is 13.2 Å². The van der Waals surface area contributed by atoms with Gasteiger partial charge in [-0.2, -0.15) is 8.78 Å². The van der Waals surface area contributed by atoms with Gasteiger partial charge in [0.1, 0.15) is 6.17 Å². The van der Waals surface area contributed by atoms with E-state index >= 15 is 0 Å². The minimum atomic E-state index is -3.79. The van der Waals surface area contributed by atoms with Crippen molar-refractivity contribution in [2.24, 2.45) is 5.92 Å². The summed E-state index contributed by atoms with van der Waals surface area (Å²) in [5.74, 6) is -1.43. The Kier molecular flexibility index (Phi) is 1.01. The Labute approximate surface area is 44.1 Å². The van der Waals surface area contributed by atoms with E-state index in [4.69, 9.17) is 5.11 Å². The second-order valence-corrected chi connectivity index (χ2v) is 1.95. The molecule has 1 aliphatic rings. The molecule has 1 rings (SSSR count). The monoisotopic (exact) mass is 126 g/mol. The van der Waals surface area contributed by atoms with Gasteiger partial charge in [-0.1, -0.05) is 0 Å². The van der Waals surface area contributed by atoms with Crippen LogP contribution in [-0.2, 0) is 0 Å². The molecule has 0 aliphatic heterocycles. The molecule has 0 amide bonds. The van der Waals surface area contributed by atoms with E-state index < -0.39 is 18.2 Å². The summed E-state index contributed by atoms with van der Waals surface area (Å²) in [6.07, 6.45) is -5.49. The fourth-order valence-electron chi connectivity index (χ4n) is 0.523. The molecule has 0 aromatic rings. The first-order valence-corrected chi connectivity index (χ1v) is 2.26. The second kappa shape index (κ2) is 1.37. The highest BCUT2D eigenvalue weighted by Crippen LogP contribution is 2.44. The van der Waals surface area contributed by atoms with Crippen LogP contribution >= 0.6 is 0 Å². The van der Waals surface area contributed by atoms with E-state index in [1.165, 1.54) is 0 Å². The van der Waals surface area contributed by atoms with Crippen molar-refractivity contribution < 1.29 is 18.3 Å². The lowest BCUT2D eigenvalue weighted by molar-refractivity contribution is -0.217. The van der Waals surface area contributed by atoms with Gasteiger partial charge in [-0.15, -0.1) is 0 Å². The van der Waals surface area contributed by atoms with Crippen LogP contribution in [0.5, 0.6) is 0 Å². The summed E-state index contributed by atoms with van der Waals surface area (Å²) >= 11 is 0. The van der Waals surface area contributed by atoms with E-state index in [0.717, 1.165) is 0 Å². The molecule has 1 fully saturated rings. The summed E-state index contributed by atoms with van der Waals surface area (Å²) < 4.78 is 34.6. The van der Waals surface area contributed by atoms with Crippen LogP contribution in [0.25, 0.3) is 0 Å². The topological polar surface area (TPSA) is 20.2 Å². The average molecular weight is 126 g/mol. The molecule has 1 aliphatic carbocycles. The molecular formula is C4H5F3O. The molecule has 48 valence electrons. The summed E-state index contributed by atoms with van der Waals surface area (Å²) in [7, 11) is 0. The molecule has 0 bridgehead atoms. The molecule has 2 unspecified atom stereocenters. The highest BCUT2D eigenvalue weighted by Gasteiger charge is 2.54. The lowest BCUT2D eigenvalue weighted by Crippen LogP contribution is -2.18. The van der Waals surface area contributed by atoms with Crippen molar-refractivity contribution >= 4 is 0 Å². The molecule has 4 heteroatoms. The molecule has 8 heavy (non-hydrogen) atoms. The fraction of sp³-hybridized carbons (Fsp3) is 1.00. The van der Waals surface area contributed by atoms with Crippen molar-refractivity contribution in [1.29, 1.82) is 0 Å². The number of hydrogen-bond donors (Lipinski definition) is 1. The maximum atomic E-state index is 11.6. The molecule has 0 heterocycles. The van der Waals surface area contributed by atoms with E-state index in [1.807, 2.05) is 0 Å². The zero-order chi connectivity index (χ0) is 6.36. The Hall–Kier alpha value is -0.250. The first-order chi connectivity index (χ1) is 3.52. The molecule has 0 aromatic carbocycles. The normalized spacial score (nSPS) is 37.5. The van der Waals surface area contributed by atoms with Crippen LogP contribution < -0.4 is 0 Å². The van der Waals surface area contributed by atoms with Gasteiger partial charge in [0.2, 0.25) is 0 Å². The summed E-state index contributed by atoms with van der Waals surface area (Å²) in [6, 6.07) is 0. The molecule has 2 atom stereocenters. The summed E-state index contributed by atoms with van der Waals surface area (Å²) in [5.41, 5.74) is 0. The zero-order valence-electron chi connectivity index (χ0n) is 3.94. The van der Waals surface area contributed by atoms with Gasteiger partial charge in [0, 0.05) is 0 Å².